The van der Waals surface area contributed by atoms with Gasteiger partial charge in [0, 0.05) is 13.1 Å². The number of nitrogens with one attached hydrogen (secondary N) is 1. The predicted octanol–water partition coefficient (Wildman–Crippen LogP) is 3.41. The second kappa shape index (κ2) is 7.88. The number of benzene rings is 1. The number of nitrogens with zero attached hydrogens (tertiary/aromatic N) is 1. The minimum absolute atomic E-state index is 0.837. The van der Waals surface area contributed by atoms with Gasteiger partial charge in [0.1, 0.15) is 5.76 Å². The molecule has 108 valence electrons. The van der Waals surface area contributed by atoms with E-state index in [1.54, 1.807) is 6.26 Å². The highest BCUT2D eigenvalue weighted by Gasteiger charge is 2.07. The third-order valence-electron chi connectivity index (χ3n) is 3.31. The van der Waals surface area contributed by atoms with Crippen molar-refractivity contribution in [3.8, 4) is 0 Å². The van der Waals surface area contributed by atoms with Crippen molar-refractivity contribution in [2.75, 3.05) is 13.6 Å². The van der Waals surface area contributed by atoms with E-state index in [0.717, 1.165) is 31.9 Å². The lowest BCUT2D eigenvalue weighted by Gasteiger charge is -2.18. The summed E-state index contributed by atoms with van der Waals surface area (Å²) < 4.78 is 5.40. The number of rotatable bonds is 8. The third kappa shape index (κ3) is 4.51. The average molecular weight is 272 g/mol. The molecule has 0 unspecified atom stereocenters. The Morgan fingerprint density at radius 2 is 1.85 bits per heavy atom. The summed E-state index contributed by atoms with van der Waals surface area (Å²) in [6.45, 7) is 5.97. The van der Waals surface area contributed by atoms with Gasteiger partial charge in [-0.2, -0.15) is 0 Å². The summed E-state index contributed by atoms with van der Waals surface area (Å²) in [5.41, 5.74) is 2.76. The lowest BCUT2D eigenvalue weighted by molar-refractivity contribution is 0.287. The summed E-state index contributed by atoms with van der Waals surface area (Å²) in [7, 11) is 2.12. The van der Waals surface area contributed by atoms with Gasteiger partial charge in [0.05, 0.1) is 12.8 Å². The predicted molar refractivity (Wildman–Crippen MR) is 82.3 cm³/mol. The fourth-order valence-corrected chi connectivity index (χ4v) is 2.30. The third-order valence-corrected chi connectivity index (χ3v) is 3.31. The van der Waals surface area contributed by atoms with Crippen LogP contribution < -0.4 is 5.32 Å². The fourth-order valence-electron chi connectivity index (χ4n) is 2.30. The first-order chi connectivity index (χ1) is 9.79. The Kier molecular flexibility index (Phi) is 5.84. The van der Waals surface area contributed by atoms with Crippen LogP contribution in [-0.2, 0) is 19.6 Å². The van der Waals surface area contributed by atoms with Gasteiger partial charge in [-0.25, -0.2) is 0 Å². The van der Waals surface area contributed by atoms with Crippen molar-refractivity contribution < 1.29 is 4.42 Å². The SMILES string of the molecule is CCCNCc1ccccc1CN(C)Cc1ccco1. The maximum atomic E-state index is 5.40. The normalized spacial score (nSPS) is 11.2. The molecule has 0 atom stereocenters. The highest BCUT2D eigenvalue weighted by Crippen LogP contribution is 2.13. The Morgan fingerprint density at radius 3 is 2.55 bits per heavy atom. The first-order valence-electron chi connectivity index (χ1n) is 7.28. The van der Waals surface area contributed by atoms with Gasteiger partial charge < -0.3 is 9.73 Å². The maximum absolute atomic E-state index is 5.40. The molecule has 3 heteroatoms. The molecule has 2 aromatic rings. The number of hydrogen-bond donors (Lipinski definition) is 1. The minimum atomic E-state index is 0.837. The highest BCUT2D eigenvalue weighted by molar-refractivity contribution is 5.27. The first kappa shape index (κ1) is 14.8. The number of hydrogen-bond acceptors (Lipinski definition) is 3. The molecule has 20 heavy (non-hydrogen) atoms. The van der Waals surface area contributed by atoms with Crippen LogP contribution in [0.25, 0.3) is 0 Å². The van der Waals surface area contributed by atoms with Crippen LogP contribution in [0.3, 0.4) is 0 Å². The van der Waals surface area contributed by atoms with Gasteiger partial charge in [-0.05, 0) is 43.3 Å². The van der Waals surface area contributed by atoms with Crippen molar-refractivity contribution in [1.82, 2.24) is 10.2 Å². The van der Waals surface area contributed by atoms with Gasteiger partial charge in [0.25, 0.3) is 0 Å². The standard InChI is InChI=1S/C17H24N2O/c1-3-10-18-12-15-7-4-5-8-16(15)13-19(2)14-17-9-6-11-20-17/h4-9,11,18H,3,10,12-14H2,1-2H3. The van der Waals surface area contributed by atoms with Crippen molar-refractivity contribution in [1.29, 1.82) is 0 Å². The molecule has 0 spiro atoms. The molecular formula is C17H24N2O. The Balaban J connectivity index is 1.93. The summed E-state index contributed by atoms with van der Waals surface area (Å²) in [6, 6.07) is 12.6. The van der Waals surface area contributed by atoms with E-state index < -0.39 is 0 Å². The quantitative estimate of drug-likeness (QED) is 0.746. The van der Waals surface area contributed by atoms with Crippen molar-refractivity contribution in [2.45, 2.75) is 33.0 Å². The molecular weight excluding hydrogens is 248 g/mol. The second-order valence-corrected chi connectivity index (χ2v) is 5.20. The van der Waals surface area contributed by atoms with Crippen molar-refractivity contribution in [2.24, 2.45) is 0 Å². The van der Waals surface area contributed by atoms with Gasteiger partial charge >= 0.3 is 0 Å². The Labute approximate surface area is 121 Å². The molecule has 0 aliphatic rings. The van der Waals surface area contributed by atoms with Gasteiger partial charge in [-0.3, -0.25) is 4.90 Å². The van der Waals surface area contributed by atoms with Gasteiger partial charge in [-0.15, -0.1) is 0 Å². The fraction of sp³-hybridized carbons (Fsp3) is 0.412. The molecule has 1 N–H and O–H groups in total. The van der Waals surface area contributed by atoms with Crippen LogP contribution in [0, 0.1) is 0 Å². The molecule has 1 heterocycles. The van der Waals surface area contributed by atoms with E-state index in [2.05, 4.69) is 48.5 Å². The summed E-state index contributed by atoms with van der Waals surface area (Å²) in [4.78, 5) is 2.28. The second-order valence-electron chi connectivity index (χ2n) is 5.20. The topological polar surface area (TPSA) is 28.4 Å². The van der Waals surface area contributed by atoms with Crippen LogP contribution in [0.5, 0.6) is 0 Å². The van der Waals surface area contributed by atoms with E-state index in [4.69, 9.17) is 4.42 Å². The zero-order valence-corrected chi connectivity index (χ0v) is 12.4. The lowest BCUT2D eigenvalue weighted by Crippen LogP contribution is -2.20. The molecule has 0 aliphatic heterocycles. The van der Waals surface area contributed by atoms with Crippen LogP contribution in [0.1, 0.15) is 30.2 Å². The monoisotopic (exact) mass is 272 g/mol. The van der Waals surface area contributed by atoms with Crippen LogP contribution in [0.2, 0.25) is 0 Å². The molecule has 0 bridgehead atoms. The van der Waals surface area contributed by atoms with E-state index >= 15 is 0 Å². The van der Waals surface area contributed by atoms with Crippen molar-refractivity contribution in [3.63, 3.8) is 0 Å². The van der Waals surface area contributed by atoms with E-state index in [9.17, 15) is 0 Å². The van der Waals surface area contributed by atoms with Gasteiger partial charge in [0.15, 0.2) is 0 Å². The molecule has 1 aromatic heterocycles. The van der Waals surface area contributed by atoms with Crippen molar-refractivity contribution in [3.05, 3.63) is 59.5 Å². The molecule has 0 radical (unpaired) electrons. The number of furan rings is 1. The van der Waals surface area contributed by atoms with Crippen LogP contribution in [0.4, 0.5) is 0 Å². The summed E-state index contributed by atoms with van der Waals surface area (Å²) >= 11 is 0. The Bertz CT molecular complexity index is 493. The molecule has 0 saturated carbocycles. The van der Waals surface area contributed by atoms with Crippen LogP contribution >= 0.6 is 0 Å². The van der Waals surface area contributed by atoms with E-state index in [0.29, 0.717) is 0 Å². The van der Waals surface area contributed by atoms with Crippen molar-refractivity contribution >= 4 is 0 Å². The average Bonchev–Trinajstić information content (AvgIpc) is 2.93. The summed E-state index contributed by atoms with van der Waals surface area (Å²) in [5.74, 6) is 1.01. The zero-order chi connectivity index (χ0) is 14.2. The largest absolute Gasteiger partial charge is 0.468 e. The van der Waals surface area contributed by atoms with E-state index in [-0.39, 0.29) is 0 Å². The molecule has 2 rings (SSSR count). The van der Waals surface area contributed by atoms with Gasteiger partial charge in [0.2, 0.25) is 0 Å². The maximum Gasteiger partial charge on any atom is 0.117 e. The highest BCUT2D eigenvalue weighted by atomic mass is 16.3. The summed E-state index contributed by atoms with van der Waals surface area (Å²) in [5, 5.41) is 3.47. The lowest BCUT2D eigenvalue weighted by atomic mass is 10.1. The minimum Gasteiger partial charge on any atom is -0.468 e. The Hall–Kier alpha value is -1.58. The molecule has 0 amide bonds. The van der Waals surface area contributed by atoms with E-state index in [1.165, 1.54) is 17.5 Å². The smallest absolute Gasteiger partial charge is 0.117 e. The van der Waals surface area contributed by atoms with Crippen LogP contribution in [-0.4, -0.2) is 18.5 Å². The van der Waals surface area contributed by atoms with Crippen LogP contribution in [0.15, 0.2) is 47.1 Å². The molecule has 3 nitrogen and oxygen atoms in total. The molecule has 1 aromatic carbocycles. The van der Waals surface area contributed by atoms with Gasteiger partial charge in [-0.1, -0.05) is 31.2 Å². The first-order valence-corrected chi connectivity index (χ1v) is 7.28. The molecule has 0 saturated heterocycles. The summed E-state index contributed by atoms with van der Waals surface area (Å²) in [6.07, 6.45) is 2.90. The zero-order valence-electron chi connectivity index (χ0n) is 12.4. The Morgan fingerprint density at radius 1 is 1.05 bits per heavy atom. The molecule has 0 aliphatic carbocycles. The van der Waals surface area contributed by atoms with E-state index in [1.807, 2.05) is 12.1 Å². The molecule has 0 fully saturated rings.